The smallest absolute Gasteiger partial charge is 0.251 e. The van der Waals surface area contributed by atoms with Gasteiger partial charge in [0.05, 0.1) is 24.1 Å². The number of amides is 2. The maximum absolute atomic E-state index is 14.6. The number of carbonyl (C=O) groups is 3. The van der Waals surface area contributed by atoms with Crippen LogP contribution in [0.25, 0.3) is 0 Å². The Hall–Kier alpha value is -4.15. The van der Waals surface area contributed by atoms with Gasteiger partial charge in [0.15, 0.2) is 5.78 Å². The summed E-state index contributed by atoms with van der Waals surface area (Å²) >= 11 is 0. The Morgan fingerprint density at radius 2 is 1.67 bits per heavy atom. The van der Waals surface area contributed by atoms with Gasteiger partial charge in [-0.1, -0.05) is 6.07 Å². The van der Waals surface area contributed by atoms with Gasteiger partial charge in [0, 0.05) is 40.9 Å². The Kier molecular flexibility index (Phi) is 7.40. The lowest BCUT2D eigenvalue weighted by molar-refractivity contribution is -0.117. The second-order valence-corrected chi connectivity index (χ2v) is 9.82. The molecule has 3 aromatic rings. The van der Waals surface area contributed by atoms with Crippen molar-refractivity contribution in [2.24, 2.45) is 5.92 Å². The predicted octanol–water partition coefficient (Wildman–Crippen LogP) is 3.47. The van der Waals surface area contributed by atoms with E-state index in [0.717, 1.165) is 24.0 Å². The summed E-state index contributed by atoms with van der Waals surface area (Å²) in [6.45, 7) is -0.607. The average Bonchev–Trinajstić information content (AvgIpc) is 3.79. The van der Waals surface area contributed by atoms with Crippen LogP contribution in [0.4, 0.5) is 25.8 Å². The highest BCUT2D eigenvalue weighted by atomic mass is 19.1. The molecule has 0 bridgehead atoms. The third-order valence-corrected chi connectivity index (χ3v) is 6.88. The van der Waals surface area contributed by atoms with E-state index in [9.17, 15) is 28.3 Å². The molecule has 5 N–H and O–H groups in total. The molecule has 1 unspecified atom stereocenters. The molecule has 0 saturated heterocycles. The summed E-state index contributed by atoms with van der Waals surface area (Å²) in [5, 5.41) is 26.3. The first-order chi connectivity index (χ1) is 18.7. The highest BCUT2D eigenvalue weighted by molar-refractivity contribution is 6.12. The summed E-state index contributed by atoms with van der Waals surface area (Å²) in [6.07, 6.45) is 1.47. The van der Waals surface area contributed by atoms with Crippen LogP contribution in [-0.2, 0) is 17.6 Å². The van der Waals surface area contributed by atoms with Crippen LogP contribution in [0.2, 0.25) is 0 Å². The number of fused-ring (bicyclic) bond motifs is 2. The zero-order chi connectivity index (χ0) is 27.7. The Labute approximate surface area is 223 Å². The first-order valence-corrected chi connectivity index (χ1v) is 12.7. The topological polar surface area (TPSA) is 128 Å². The third-order valence-electron chi connectivity index (χ3n) is 6.88. The van der Waals surface area contributed by atoms with E-state index in [1.165, 1.54) is 12.1 Å². The number of ketones is 1. The molecule has 8 nitrogen and oxygen atoms in total. The van der Waals surface area contributed by atoms with Gasteiger partial charge in [-0.15, -0.1) is 0 Å². The quantitative estimate of drug-likeness (QED) is 0.301. The number of halogens is 2. The minimum atomic E-state index is -1.08. The van der Waals surface area contributed by atoms with Gasteiger partial charge in [0.2, 0.25) is 5.91 Å². The molecule has 202 valence electrons. The van der Waals surface area contributed by atoms with Crippen LogP contribution in [0.1, 0.15) is 50.2 Å². The highest BCUT2D eigenvalue weighted by Gasteiger charge is 2.30. The fraction of sp³-hybridized carbons (Fsp3) is 0.276. The van der Waals surface area contributed by atoms with E-state index in [4.69, 9.17) is 5.11 Å². The van der Waals surface area contributed by atoms with Crippen molar-refractivity contribution in [1.82, 2.24) is 5.32 Å². The molecule has 0 spiro atoms. The zero-order valence-corrected chi connectivity index (χ0v) is 20.9. The van der Waals surface area contributed by atoms with Crippen LogP contribution in [-0.4, -0.2) is 47.1 Å². The van der Waals surface area contributed by atoms with Crippen LogP contribution in [0, 0.1) is 17.6 Å². The first-order valence-electron chi connectivity index (χ1n) is 12.7. The molecule has 0 aliphatic heterocycles. The lowest BCUT2D eigenvalue weighted by atomic mass is 9.96. The van der Waals surface area contributed by atoms with Crippen molar-refractivity contribution in [3.63, 3.8) is 0 Å². The Morgan fingerprint density at radius 3 is 2.41 bits per heavy atom. The predicted molar refractivity (Wildman–Crippen MR) is 140 cm³/mol. The van der Waals surface area contributed by atoms with Gasteiger partial charge >= 0.3 is 0 Å². The van der Waals surface area contributed by atoms with Crippen molar-refractivity contribution >= 4 is 34.7 Å². The molecular weight excluding hydrogens is 508 g/mol. The maximum atomic E-state index is 14.6. The summed E-state index contributed by atoms with van der Waals surface area (Å²) in [5.74, 6) is -2.86. The van der Waals surface area contributed by atoms with Crippen LogP contribution in [0.15, 0.2) is 48.5 Å². The van der Waals surface area contributed by atoms with Crippen LogP contribution < -0.4 is 16.0 Å². The number of benzene rings is 3. The third kappa shape index (κ3) is 5.81. The number of hydrogen-bond donors (Lipinski definition) is 5. The Bertz CT molecular complexity index is 1470. The van der Waals surface area contributed by atoms with Crippen LogP contribution >= 0.6 is 0 Å². The number of nitrogens with one attached hydrogen (secondary N) is 3. The highest BCUT2D eigenvalue weighted by Crippen LogP contribution is 2.33. The molecule has 2 aliphatic rings. The molecular formula is C29H27F2N3O5. The summed E-state index contributed by atoms with van der Waals surface area (Å²) in [4.78, 5) is 38.0. The van der Waals surface area contributed by atoms with E-state index in [-0.39, 0.29) is 41.1 Å². The zero-order valence-electron chi connectivity index (χ0n) is 20.9. The molecule has 5 rings (SSSR count). The van der Waals surface area contributed by atoms with E-state index in [2.05, 4.69) is 16.0 Å². The minimum absolute atomic E-state index is 0.0207. The standard InChI is InChI=1S/C29H27F2N3O5/c30-23-11-24(31)26(34-29(39)16-3-4-16)12-25(23)33-19-7-8-21-17(9-19)5-1-15-2-6-18(10-22(15)27(21)37)28(38)32-13-20(36)14-35/h2,6-12,16,20,33,35-36H,1,3-5,13-14H2,(H,32,38)(H,34,39). The van der Waals surface area contributed by atoms with Crippen molar-refractivity contribution < 1.29 is 33.4 Å². The number of aliphatic hydroxyl groups excluding tert-OH is 2. The molecule has 0 aromatic heterocycles. The van der Waals surface area contributed by atoms with Crippen molar-refractivity contribution in [3.05, 3.63) is 88.0 Å². The molecule has 1 atom stereocenters. The molecule has 3 aromatic carbocycles. The molecule has 0 radical (unpaired) electrons. The molecule has 1 fully saturated rings. The molecule has 39 heavy (non-hydrogen) atoms. The first kappa shape index (κ1) is 26.5. The number of aryl methyl sites for hydroxylation is 2. The van der Waals surface area contributed by atoms with Crippen molar-refractivity contribution in [3.8, 4) is 0 Å². The monoisotopic (exact) mass is 535 g/mol. The second kappa shape index (κ2) is 10.9. The lowest BCUT2D eigenvalue weighted by Gasteiger charge is -2.14. The van der Waals surface area contributed by atoms with Gasteiger partial charge in [0.25, 0.3) is 5.91 Å². The van der Waals surface area contributed by atoms with Gasteiger partial charge in [-0.2, -0.15) is 0 Å². The number of rotatable bonds is 8. The Morgan fingerprint density at radius 1 is 0.923 bits per heavy atom. The lowest BCUT2D eigenvalue weighted by Crippen LogP contribution is -2.34. The minimum Gasteiger partial charge on any atom is -0.394 e. The van der Waals surface area contributed by atoms with Gasteiger partial charge < -0.3 is 26.2 Å². The summed E-state index contributed by atoms with van der Waals surface area (Å²) in [7, 11) is 0. The summed E-state index contributed by atoms with van der Waals surface area (Å²) in [5.41, 5.74) is 2.95. The van der Waals surface area contributed by atoms with Gasteiger partial charge in [0.1, 0.15) is 11.6 Å². The molecule has 0 heterocycles. The fourth-order valence-corrected chi connectivity index (χ4v) is 4.51. The van der Waals surface area contributed by atoms with Crippen LogP contribution in [0.5, 0.6) is 0 Å². The molecule has 10 heteroatoms. The second-order valence-electron chi connectivity index (χ2n) is 9.82. The normalized spacial score (nSPS) is 15.0. The van der Waals surface area contributed by atoms with E-state index in [1.807, 2.05) is 0 Å². The van der Waals surface area contributed by atoms with Gasteiger partial charge in [-0.3, -0.25) is 14.4 Å². The summed E-state index contributed by atoms with van der Waals surface area (Å²) in [6, 6.07) is 11.7. The molecule has 1 saturated carbocycles. The van der Waals surface area contributed by atoms with E-state index in [0.29, 0.717) is 35.7 Å². The SMILES string of the molecule is O=C(NCC(O)CO)c1ccc2c(c1)C(=O)c1ccc(Nc3cc(NC(=O)C4CC4)c(F)cc3F)cc1CC2. The maximum Gasteiger partial charge on any atom is 0.251 e. The Balaban J connectivity index is 1.36. The largest absolute Gasteiger partial charge is 0.394 e. The van der Waals surface area contributed by atoms with E-state index >= 15 is 0 Å². The number of anilines is 3. The molecule has 2 aliphatic carbocycles. The fourth-order valence-electron chi connectivity index (χ4n) is 4.51. The van der Waals surface area contributed by atoms with Crippen molar-refractivity contribution in [1.29, 1.82) is 0 Å². The van der Waals surface area contributed by atoms with Crippen LogP contribution in [0.3, 0.4) is 0 Å². The van der Waals surface area contributed by atoms with Crippen molar-refractivity contribution in [2.75, 3.05) is 23.8 Å². The van der Waals surface area contributed by atoms with Gasteiger partial charge in [-0.25, -0.2) is 8.78 Å². The number of carbonyl (C=O) groups excluding carboxylic acids is 3. The van der Waals surface area contributed by atoms with E-state index < -0.39 is 30.3 Å². The summed E-state index contributed by atoms with van der Waals surface area (Å²) < 4.78 is 28.8. The van der Waals surface area contributed by atoms with Crippen molar-refractivity contribution in [2.45, 2.75) is 31.8 Å². The number of aliphatic hydroxyl groups is 2. The van der Waals surface area contributed by atoms with E-state index in [1.54, 1.807) is 30.3 Å². The molecule has 2 amide bonds. The average molecular weight is 536 g/mol. The van der Waals surface area contributed by atoms with Gasteiger partial charge in [-0.05, 0) is 73.2 Å². The number of hydrogen-bond acceptors (Lipinski definition) is 6.